The molecule has 1 fully saturated rings. The highest BCUT2D eigenvalue weighted by Gasteiger charge is 2.45. The summed E-state index contributed by atoms with van der Waals surface area (Å²) < 4.78 is 1.75. The highest BCUT2D eigenvalue weighted by Crippen LogP contribution is 2.40. The lowest BCUT2D eigenvalue weighted by molar-refractivity contribution is -0.121. The minimum Gasteiger partial charge on any atom is -0.323 e. The van der Waals surface area contributed by atoms with Crippen molar-refractivity contribution in [3.8, 4) is 0 Å². The van der Waals surface area contributed by atoms with Crippen LogP contribution in [0.2, 0.25) is 5.02 Å². The third-order valence-electron chi connectivity index (χ3n) is 5.66. The van der Waals surface area contributed by atoms with Gasteiger partial charge in [0.1, 0.15) is 0 Å². The van der Waals surface area contributed by atoms with Gasteiger partial charge in [0.2, 0.25) is 5.91 Å². The average molecular weight is 391 g/mol. The average Bonchev–Trinajstić information content (AvgIpc) is 3.09. The van der Waals surface area contributed by atoms with Crippen molar-refractivity contribution in [3.63, 3.8) is 0 Å². The van der Waals surface area contributed by atoms with E-state index in [0.717, 1.165) is 23.9 Å². The number of fused-ring (bicyclic) bond motifs is 1. The zero-order valence-electron chi connectivity index (χ0n) is 17.4. The normalized spacial score (nSPS) is 21.8. The molecule has 2 heterocycles. The van der Waals surface area contributed by atoms with Crippen molar-refractivity contribution in [2.45, 2.75) is 59.5 Å². The maximum atomic E-state index is 13.2. The van der Waals surface area contributed by atoms with Crippen molar-refractivity contribution in [2.24, 2.45) is 18.4 Å². The van der Waals surface area contributed by atoms with Crippen LogP contribution in [0.3, 0.4) is 0 Å². The second kappa shape index (κ2) is 6.78. The van der Waals surface area contributed by atoms with E-state index in [2.05, 4.69) is 56.9 Å². The summed E-state index contributed by atoms with van der Waals surface area (Å²) in [6.45, 7) is 14.2. The summed E-state index contributed by atoms with van der Waals surface area (Å²) in [5.41, 5.74) is 1.55. The number of aromatic nitrogens is 2. The van der Waals surface area contributed by atoms with Crippen molar-refractivity contribution < 1.29 is 4.79 Å². The molecule has 0 saturated carbocycles. The predicted octanol–water partition coefficient (Wildman–Crippen LogP) is 4.70. The maximum Gasteiger partial charge on any atom is 0.241 e. The fraction of sp³-hybridized carbons (Fsp3) is 0.619. The Labute approximate surface area is 167 Å². The molecule has 3 rings (SSSR count). The van der Waals surface area contributed by atoms with Crippen LogP contribution < -0.4 is 5.32 Å². The number of benzene rings is 1. The van der Waals surface area contributed by atoms with E-state index < -0.39 is 0 Å². The number of hydrogen-bond donors (Lipinski definition) is 1. The second-order valence-corrected chi connectivity index (χ2v) is 10.2. The van der Waals surface area contributed by atoms with Crippen molar-refractivity contribution in [2.75, 3.05) is 11.9 Å². The van der Waals surface area contributed by atoms with Gasteiger partial charge in [-0.1, -0.05) is 32.4 Å². The summed E-state index contributed by atoms with van der Waals surface area (Å²) in [7, 11) is 1.87. The van der Waals surface area contributed by atoms with Crippen LogP contribution in [0.15, 0.2) is 18.3 Å². The quantitative estimate of drug-likeness (QED) is 0.808. The third-order valence-corrected chi connectivity index (χ3v) is 5.97. The zero-order valence-corrected chi connectivity index (χ0v) is 18.2. The number of carbonyl (C=O) groups is 1. The van der Waals surface area contributed by atoms with Crippen LogP contribution in [-0.4, -0.2) is 38.7 Å². The maximum absolute atomic E-state index is 13.2. The van der Waals surface area contributed by atoms with Crippen LogP contribution in [0.4, 0.5) is 5.69 Å². The largest absolute Gasteiger partial charge is 0.323 e. The van der Waals surface area contributed by atoms with Crippen LogP contribution in [-0.2, 0) is 11.8 Å². The van der Waals surface area contributed by atoms with E-state index in [1.807, 2.05) is 25.4 Å². The van der Waals surface area contributed by atoms with Gasteiger partial charge in [-0.15, -0.1) is 0 Å². The Morgan fingerprint density at radius 1 is 1.22 bits per heavy atom. The Hall–Kier alpha value is -1.59. The molecule has 6 heteroatoms. The number of rotatable bonds is 2. The van der Waals surface area contributed by atoms with E-state index in [1.165, 1.54) is 0 Å². The molecule has 1 saturated heterocycles. The van der Waals surface area contributed by atoms with Crippen LogP contribution in [0, 0.1) is 11.3 Å². The molecule has 27 heavy (non-hydrogen) atoms. The molecule has 1 aliphatic heterocycles. The Kier molecular flexibility index (Phi) is 5.06. The lowest BCUT2D eigenvalue weighted by Gasteiger charge is -2.36. The summed E-state index contributed by atoms with van der Waals surface area (Å²) in [4.78, 5) is 15.5. The lowest BCUT2D eigenvalue weighted by Crippen LogP contribution is -2.49. The number of carbonyl (C=O) groups excluding carboxylic acids is 1. The molecule has 1 aromatic carbocycles. The molecule has 0 radical (unpaired) electrons. The van der Waals surface area contributed by atoms with Gasteiger partial charge in [0.15, 0.2) is 0 Å². The first-order valence-electron chi connectivity index (χ1n) is 9.57. The van der Waals surface area contributed by atoms with Crippen LogP contribution in [0.1, 0.15) is 48.0 Å². The highest BCUT2D eigenvalue weighted by atomic mass is 35.5. The fourth-order valence-corrected chi connectivity index (χ4v) is 4.15. The number of likely N-dealkylation sites (tertiary alicyclic amines) is 1. The van der Waals surface area contributed by atoms with Gasteiger partial charge in [0, 0.05) is 30.7 Å². The van der Waals surface area contributed by atoms with Crippen molar-refractivity contribution in [3.05, 3.63) is 23.4 Å². The van der Waals surface area contributed by atoms with Gasteiger partial charge in [-0.2, -0.15) is 5.10 Å². The summed E-state index contributed by atoms with van der Waals surface area (Å²) in [5, 5.41) is 8.98. The molecule has 1 aromatic heterocycles. The molecule has 0 spiro atoms. The first-order chi connectivity index (χ1) is 12.4. The molecule has 148 valence electrons. The van der Waals surface area contributed by atoms with Crippen molar-refractivity contribution >= 4 is 34.1 Å². The standard InChI is InChI=1S/C21H31ClN4O/c1-20(2,3)14-9-18(26(12-14)21(4,5)6)19(27)23-17-10-16-13(8-15(17)22)11-25(7)24-16/h8,10-11,14,18H,9,12H2,1-7H3,(H,23,27)/t14?,18-/m0/s1. The Balaban J connectivity index is 1.86. The van der Waals surface area contributed by atoms with Gasteiger partial charge in [-0.05, 0) is 50.7 Å². The van der Waals surface area contributed by atoms with Crippen LogP contribution in [0.25, 0.3) is 10.9 Å². The smallest absolute Gasteiger partial charge is 0.241 e. The molecule has 0 aliphatic carbocycles. The van der Waals surface area contributed by atoms with Crippen LogP contribution >= 0.6 is 11.6 Å². The molecule has 1 amide bonds. The van der Waals surface area contributed by atoms with Gasteiger partial charge in [-0.25, -0.2) is 0 Å². The summed E-state index contributed by atoms with van der Waals surface area (Å²) in [6.07, 6.45) is 2.77. The number of amides is 1. The molecule has 1 unspecified atom stereocenters. The minimum absolute atomic E-state index is 0.00820. The van der Waals surface area contributed by atoms with Crippen molar-refractivity contribution in [1.29, 1.82) is 0 Å². The number of nitrogens with zero attached hydrogens (tertiary/aromatic N) is 3. The number of aryl methyl sites for hydroxylation is 1. The molecular formula is C21H31ClN4O. The molecule has 2 atom stereocenters. The van der Waals surface area contributed by atoms with Gasteiger partial charge < -0.3 is 5.32 Å². The SMILES string of the molecule is Cn1cc2cc(Cl)c(NC(=O)[C@@H]3CC(C(C)(C)C)CN3C(C)(C)C)cc2n1. The minimum atomic E-state index is -0.162. The number of anilines is 1. The zero-order chi connectivity index (χ0) is 20.1. The first kappa shape index (κ1) is 20.2. The van der Waals surface area contributed by atoms with Gasteiger partial charge in [0.05, 0.1) is 22.3 Å². The highest BCUT2D eigenvalue weighted by molar-refractivity contribution is 6.34. The van der Waals surface area contributed by atoms with Gasteiger partial charge in [0.25, 0.3) is 0 Å². The molecule has 2 aromatic rings. The second-order valence-electron chi connectivity index (χ2n) is 9.82. The number of halogens is 1. The van der Waals surface area contributed by atoms with E-state index in [1.54, 1.807) is 4.68 Å². The van der Waals surface area contributed by atoms with Gasteiger partial charge in [-0.3, -0.25) is 14.4 Å². The first-order valence-corrected chi connectivity index (χ1v) is 9.94. The predicted molar refractivity (Wildman–Crippen MR) is 112 cm³/mol. The van der Waals surface area contributed by atoms with E-state index in [-0.39, 0.29) is 22.9 Å². The molecular weight excluding hydrogens is 360 g/mol. The van der Waals surface area contributed by atoms with Crippen molar-refractivity contribution in [1.82, 2.24) is 14.7 Å². The Morgan fingerprint density at radius 2 is 1.89 bits per heavy atom. The van der Waals surface area contributed by atoms with Gasteiger partial charge >= 0.3 is 0 Å². The molecule has 1 aliphatic rings. The summed E-state index contributed by atoms with van der Waals surface area (Å²) >= 11 is 6.43. The molecule has 5 nitrogen and oxygen atoms in total. The summed E-state index contributed by atoms with van der Waals surface area (Å²) in [6, 6.07) is 3.55. The monoisotopic (exact) mass is 390 g/mol. The molecule has 0 bridgehead atoms. The number of nitrogens with one attached hydrogen (secondary N) is 1. The van der Waals surface area contributed by atoms with E-state index in [4.69, 9.17) is 11.6 Å². The topological polar surface area (TPSA) is 50.2 Å². The summed E-state index contributed by atoms with van der Waals surface area (Å²) in [5.74, 6) is 0.482. The number of hydrogen-bond acceptors (Lipinski definition) is 3. The van der Waals surface area contributed by atoms with E-state index in [9.17, 15) is 4.79 Å². The fourth-order valence-electron chi connectivity index (χ4n) is 3.93. The Bertz CT molecular complexity index is 859. The molecule has 1 N–H and O–H groups in total. The lowest BCUT2D eigenvalue weighted by atomic mass is 9.79. The van der Waals surface area contributed by atoms with Crippen LogP contribution in [0.5, 0.6) is 0 Å². The van der Waals surface area contributed by atoms with E-state index >= 15 is 0 Å². The Morgan fingerprint density at radius 3 is 2.48 bits per heavy atom. The van der Waals surface area contributed by atoms with E-state index in [0.29, 0.717) is 16.6 Å². The third kappa shape index (κ3) is 4.14.